The van der Waals surface area contributed by atoms with Gasteiger partial charge in [0.2, 0.25) is 0 Å². The van der Waals surface area contributed by atoms with Gasteiger partial charge in [0.15, 0.2) is 11.2 Å². The van der Waals surface area contributed by atoms with Crippen LogP contribution in [0.2, 0.25) is 5.02 Å². The average molecular weight is 340 g/mol. The molecule has 0 amide bonds. The first-order valence-electron chi connectivity index (χ1n) is 7.02. The number of carbonyl (C=O) groups excluding carboxylic acids is 1. The van der Waals surface area contributed by atoms with Gasteiger partial charge < -0.3 is 0 Å². The molecule has 0 unspecified atom stereocenters. The van der Waals surface area contributed by atoms with Crippen LogP contribution in [0.3, 0.4) is 0 Å². The standard InChI is InChI=1S/C18H10ClNO2S/c1-9(21)15-17(22)12-5-3-2-4-11(12)16-18(15)23-14-8-10(19)6-7-13(14)20-16/h2-8H,1H3. The molecule has 23 heavy (non-hydrogen) atoms. The molecule has 1 aliphatic carbocycles. The zero-order valence-corrected chi connectivity index (χ0v) is 13.7. The van der Waals surface area contributed by atoms with E-state index in [-0.39, 0.29) is 16.8 Å². The highest BCUT2D eigenvalue weighted by atomic mass is 35.5. The maximum atomic E-state index is 12.7. The van der Waals surface area contributed by atoms with Crippen LogP contribution in [-0.2, 0) is 0 Å². The van der Waals surface area contributed by atoms with Crippen molar-refractivity contribution in [1.29, 1.82) is 0 Å². The molecule has 0 bridgehead atoms. The van der Waals surface area contributed by atoms with E-state index in [0.717, 1.165) is 15.6 Å². The van der Waals surface area contributed by atoms with Crippen LogP contribution in [0.5, 0.6) is 0 Å². The summed E-state index contributed by atoms with van der Waals surface area (Å²) < 4.78 is 0.849. The van der Waals surface area contributed by atoms with E-state index in [0.29, 0.717) is 21.0 Å². The van der Waals surface area contributed by atoms with E-state index in [1.54, 1.807) is 24.3 Å². The largest absolute Gasteiger partial charge is 0.294 e. The molecule has 0 fully saturated rings. The van der Waals surface area contributed by atoms with Crippen molar-refractivity contribution < 1.29 is 4.79 Å². The predicted molar refractivity (Wildman–Crippen MR) is 95.0 cm³/mol. The van der Waals surface area contributed by atoms with E-state index < -0.39 is 0 Å². The second kappa shape index (κ2) is 5.11. The number of hydrogen-bond donors (Lipinski definition) is 0. The van der Waals surface area contributed by atoms with Crippen LogP contribution in [0.15, 0.2) is 47.3 Å². The second-order valence-corrected chi connectivity index (χ2v) is 6.80. The highest BCUT2D eigenvalue weighted by Gasteiger charge is 2.22. The zero-order valence-electron chi connectivity index (χ0n) is 12.1. The third-order valence-electron chi connectivity index (χ3n) is 3.81. The molecule has 4 rings (SSSR count). The van der Waals surface area contributed by atoms with Crippen molar-refractivity contribution in [2.45, 2.75) is 6.92 Å². The SMILES string of the molecule is CC(=O)c1c2sc3cc(Cl)ccc3nc-2c2ccccc2c1=O. The van der Waals surface area contributed by atoms with E-state index in [1.807, 2.05) is 18.2 Å². The lowest BCUT2D eigenvalue weighted by molar-refractivity contribution is 0.101. The second-order valence-electron chi connectivity index (χ2n) is 5.31. The van der Waals surface area contributed by atoms with Gasteiger partial charge in [0.05, 0.1) is 26.4 Å². The van der Waals surface area contributed by atoms with Gasteiger partial charge in [-0.1, -0.05) is 35.9 Å². The smallest absolute Gasteiger partial charge is 0.198 e. The first-order chi connectivity index (χ1) is 11.1. The number of halogens is 1. The molecule has 3 nitrogen and oxygen atoms in total. The van der Waals surface area contributed by atoms with E-state index >= 15 is 0 Å². The summed E-state index contributed by atoms with van der Waals surface area (Å²) in [5.74, 6) is -0.245. The van der Waals surface area contributed by atoms with Crippen LogP contribution in [0.25, 0.3) is 31.6 Å². The third kappa shape index (κ3) is 2.14. The summed E-state index contributed by atoms with van der Waals surface area (Å²) in [4.78, 5) is 30.1. The molecule has 0 aromatic heterocycles. The van der Waals surface area contributed by atoms with Crippen molar-refractivity contribution in [2.24, 2.45) is 0 Å². The molecule has 0 N–H and O–H groups in total. The Balaban J connectivity index is 2.32. The van der Waals surface area contributed by atoms with Gasteiger partial charge >= 0.3 is 0 Å². The molecule has 112 valence electrons. The molecular formula is C18H10ClNO2S. The Bertz CT molecular complexity index is 1130. The van der Waals surface area contributed by atoms with Crippen molar-refractivity contribution in [3.8, 4) is 10.6 Å². The van der Waals surface area contributed by atoms with Crippen LogP contribution < -0.4 is 5.43 Å². The lowest BCUT2D eigenvalue weighted by Crippen LogP contribution is -2.16. The molecule has 0 atom stereocenters. The fourth-order valence-electron chi connectivity index (χ4n) is 2.79. The van der Waals surface area contributed by atoms with Gasteiger partial charge in [0.25, 0.3) is 0 Å². The highest BCUT2D eigenvalue weighted by Crippen LogP contribution is 2.37. The monoisotopic (exact) mass is 339 g/mol. The minimum absolute atomic E-state index is 0.207. The quantitative estimate of drug-likeness (QED) is 0.285. The Hall–Kier alpha value is -2.30. The van der Waals surface area contributed by atoms with Gasteiger partial charge in [0.1, 0.15) is 0 Å². The Kier molecular flexibility index (Phi) is 3.18. The lowest BCUT2D eigenvalue weighted by atomic mass is 9.99. The van der Waals surface area contributed by atoms with Crippen molar-refractivity contribution in [1.82, 2.24) is 4.98 Å². The van der Waals surface area contributed by atoms with Gasteiger partial charge in [-0.25, -0.2) is 4.98 Å². The topological polar surface area (TPSA) is 47.0 Å². The van der Waals surface area contributed by atoms with Crippen LogP contribution in [0, 0.1) is 0 Å². The number of nitrogens with zero attached hydrogens (tertiary/aromatic N) is 1. The maximum Gasteiger partial charge on any atom is 0.198 e. The Morgan fingerprint density at radius 1 is 1.13 bits per heavy atom. The normalized spacial score (nSPS) is 11.4. The molecule has 0 spiro atoms. The maximum absolute atomic E-state index is 12.7. The molecule has 0 saturated carbocycles. The van der Waals surface area contributed by atoms with Crippen LogP contribution in [0.4, 0.5) is 0 Å². The number of ketones is 1. The van der Waals surface area contributed by atoms with E-state index in [4.69, 9.17) is 16.6 Å². The predicted octanol–water partition coefficient (Wildman–Crippen LogP) is 4.77. The lowest BCUT2D eigenvalue weighted by Gasteiger charge is -2.13. The van der Waals surface area contributed by atoms with Crippen molar-refractivity contribution in [3.05, 3.63) is 63.3 Å². The number of Topliss-reactive ketones (excluding diaryl/α,β-unsaturated/α-hetero) is 1. The van der Waals surface area contributed by atoms with Crippen LogP contribution in [-0.4, -0.2) is 10.8 Å². The first kappa shape index (κ1) is 14.3. The Morgan fingerprint density at radius 2 is 1.87 bits per heavy atom. The summed E-state index contributed by atoms with van der Waals surface area (Å²) in [7, 11) is 0. The average Bonchev–Trinajstić information content (AvgIpc) is 2.53. The number of rotatable bonds is 1. The van der Waals surface area contributed by atoms with Gasteiger partial charge in [-0.3, -0.25) is 9.59 Å². The minimum Gasteiger partial charge on any atom is -0.294 e. The van der Waals surface area contributed by atoms with Gasteiger partial charge in [-0.05, 0) is 25.1 Å². The number of carbonyl (C=O) groups is 1. The molecule has 0 radical (unpaired) electrons. The molecule has 2 aliphatic rings. The summed E-state index contributed by atoms with van der Waals surface area (Å²) in [5, 5.41) is 1.89. The fraction of sp³-hybridized carbons (Fsp3) is 0.0556. The molecule has 0 saturated heterocycles. The molecule has 2 aromatic rings. The minimum atomic E-state index is -0.245. The van der Waals surface area contributed by atoms with E-state index in [1.165, 1.54) is 18.3 Å². The van der Waals surface area contributed by atoms with Crippen molar-refractivity contribution in [3.63, 3.8) is 0 Å². The van der Waals surface area contributed by atoms with E-state index in [2.05, 4.69) is 0 Å². The summed E-state index contributed by atoms with van der Waals surface area (Å²) in [5.41, 5.74) is 1.45. The summed E-state index contributed by atoms with van der Waals surface area (Å²) in [6.45, 7) is 1.42. The number of aromatic nitrogens is 1. The third-order valence-corrected chi connectivity index (χ3v) is 5.20. The van der Waals surface area contributed by atoms with Gasteiger partial charge in [0, 0.05) is 15.8 Å². The molecule has 2 aromatic carbocycles. The number of benzene rings is 3. The summed E-state index contributed by atoms with van der Waals surface area (Å²) in [6, 6.07) is 12.7. The van der Waals surface area contributed by atoms with Gasteiger partial charge in [-0.2, -0.15) is 0 Å². The Morgan fingerprint density at radius 3 is 2.61 bits per heavy atom. The van der Waals surface area contributed by atoms with Crippen LogP contribution in [0.1, 0.15) is 17.3 Å². The molecule has 5 heteroatoms. The Labute approximate surface area is 140 Å². The number of fused-ring (bicyclic) bond motifs is 4. The van der Waals surface area contributed by atoms with Crippen molar-refractivity contribution >= 4 is 49.7 Å². The molecule has 1 heterocycles. The highest BCUT2D eigenvalue weighted by molar-refractivity contribution is 7.22. The summed E-state index contributed by atoms with van der Waals surface area (Å²) in [6.07, 6.45) is 0. The summed E-state index contributed by atoms with van der Waals surface area (Å²) >= 11 is 7.43. The van der Waals surface area contributed by atoms with Crippen molar-refractivity contribution in [2.75, 3.05) is 0 Å². The zero-order chi connectivity index (χ0) is 16.1. The fourth-order valence-corrected chi connectivity index (χ4v) is 4.24. The molecule has 1 aliphatic heterocycles. The molecular weight excluding hydrogens is 330 g/mol. The van der Waals surface area contributed by atoms with E-state index in [9.17, 15) is 9.59 Å². The number of hydrogen-bond acceptors (Lipinski definition) is 4. The van der Waals surface area contributed by atoms with Crippen LogP contribution >= 0.6 is 22.9 Å². The van der Waals surface area contributed by atoms with Gasteiger partial charge in [-0.15, -0.1) is 11.3 Å². The first-order valence-corrected chi connectivity index (χ1v) is 8.21.